The standard InChI is InChI=1S/C15H21F3N2O/c1-4-13(20(3)5-2)14(21)19-10-11-8-6-7-9-12(11)15(16,17)18/h6-9,13H,4-5,10H2,1-3H3,(H,19,21). The van der Waals surface area contributed by atoms with E-state index in [9.17, 15) is 18.0 Å². The second kappa shape index (κ2) is 7.45. The molecule has 1 aromatic rings. The SMILES string of the molecule is CCC(C(=O)NCc1ccccc1C(F)(F)F)N(C)CC. The normalized spacial score (nSPS) is 13.3. The summed E-state index contributed by atoms with van der Waals surface area (Å²) in [6.45, 7) is 4.38. The fourth-order valence-electron chi connectivity index (χ4n) is 2.17. The number of nitrogens with one attached hydrogen (secondary N) is 1. The molecule has 0 spiro atoms. The molecule has 3 nitrogen and oxygen atoms in total. The van der Waals surface area contributed by atoms with Gasteiger partial charge in [-0.05, 0) is 31.6 Å². The first-order valence-electron chi connectivity index (χ1n) is 6.94. The van der Waals surface area contributed by atoms with Crippen LogP contribution in [0.1, 0.15) is 31.4 Å². The average Bonchev–Trinajstić information content (AvgIpc) is 2.44. The van der Waals surface area contributed by atoms with Gasteiger partial charge in [0.15, 0.2) is 0 Å². The lowest BCUT2D eigenvalue weighted by molar-refractivity contribution is -0.138. The zero-order valence-corrected chi connectivity index (χ0v) is 12.5. The third-order valence-electron chi connectivity index (χ3n) is 3.50. The highest BCUT2D eigenvalue weighted by molar-refractivity contribution is 5.81. The van der Waals surface area contributed by atoms with Crippen molar-refractivity contribution in [2.45, 2.75) is 39.0 Å². The minimum Gasteiger partial charge on any atom is -0.351 e. The molecule has 1 atom stereocenters. The van der Waals surface area contributed by atoms with Crippen molar-refractivity contribution in [3.63, 3.8) is 0 Å². The number of alkyl halides is 3. The number of amides is 1. The first-order chi connectivity index (χ1) is 9.81. The quantitative estimate of drug-likeness (QED) is 0.876. The lowest BCUT2D eigenvalue weighted by atomic mass is 10.1. The maximum atomic E-state index is 12.9. The van der Waals surface area contributed by atoms with E-state index in [1.54, 1.807) is 0 Å². The Balaban J connectivity index is 2.78. The first kappa shape index (κ1) is 17.5. The Hall–Kier alpha value is -1.56. The minimum atomic E-state index is -4.41. The van der Waals surface area contributed by atoms with Gasteiger partial charge in [-0.1, -0.05) is 32.0 Å². The Labute approximate surface area is 123 Å². The van der Waals surface area contributed by atoms with E-state index >= 15 is 0 Å². The number of nitrogens with zero attached hydrogens (tertiary/aromatic N) is 1. The molecule has 0 heterocycles. The van der Waals surface area contributed by atoms with Crippen LogP contribution in [0, 0.1) is 0 Å². The number of hydrogen-bond acceptors (Lipinski definition) is 2. The van der Waals surface area contributed by atoms with Gasteiger partial charge in [-0.3, -0.25) is 9.69 Å². The van der Waals surface area contributed by atoms with Crippen LogP contribution in [-0.2, 0) is 17.5 Å². The molecule has 0 aliphatic carbocycles. The van der Waals surface area contributed by atoms with Gasteiger partial charge >= 0.3 is 6.18 Å². The summed E-state index contributed by atoms with van der Waals surface area (Å²) in [6.07, 6.45) is -3.80. The van der Waals surface area contributed by atoms with E-state index in [1.165, 1.54) is 18.2 Å². The van der Waals surface area contributed by atoms with Gasteiger partial charge in [-0.25, -0.2) is 0 Å². The van der Waals surface area contributed by atoms with E-state index in [4.69, 9.17) is 0 Å². The van der Waals surface area contributed by atoms with Crippen LogP contribution < -0.4 is 5.32 Å². The molecular weight excluding hydrogens is 281 g/mol. The third kappa shape index (κ3) is 4.74. The number of benzene rings is 1. The van der Waals surface area contributed by atoms with E-state index in [-0.39, 0.29) is 24.1 Å². The molecule has 0 saturated heterocycles. The summed E-state index contributed by atoms with van der Waals surface area (Å²) in [5.74, 6) is -0.251. The van der Waals surface area contributed by atoms with Crippen molar-refractivity contribution >= 4 is 5.91 Å². The predicted octanol–water partition coefficient (Wildman–Crippen LogP) is 3.05. The molecule has 1 N–H and O–H groups in total. The Kier molecular flexibility index (Phi) is 6.20. The molecule has 21 heavy (non-hydrogen) atoms. The molecule has 118 valence electrons. The molecule has 0 fully saturated rings. The summed E-state index contributed by atoms with van der Waals surface area (Å²) in [4.78, 5) is 13.9. The van der Waals surface area contributed by atoms with Crippen LogP contribution in [0.3, 0.4) is 0 Å². The van der Waals surface area contributed by atoms with Crippen LogP contribution in [0.15, 0.2) is 24.3 Å². The van der Waals surface area contributed by atoms with Crippen molar-refractivity contribution in [2.75, 3.05) is 13.6 Å². The van der Waals surface area contributed by atoms with Crippen LogP contribution in [0.25, 0.3) is 0 Å². The van der Waals surface area contributed by atoms with Gasteiger partial charge in [0.05, 0.1) is 11.6 Å². The van der Waals surface area contributed by atoms with Crippen molar-refractivity contribution in [2.24, 2.45) is 0 Å². The highest BCUT2D eigenvalue weighted by Crippen LogP contribution is 2.31. The van der Waals surface area contributed by atoms with Crippen molar-refractivity contribution in [3.05, 3.63) is 35.4 Å². The van der Waals surface area contributed by atoms with E-state index in [2.05, 4.69) is 5.32 Å². The van der Waals surface area contributed by atoms with Gasteiger partial charge in [-0.15, -0.1) is 0 Å². The minimum absolute atomic E-state index is 0.0763. The van der Waals surface area contributed by atoms with E-state index < -0.39 is 11.7 Å². The van der Waals surface area contributed by atoms with Gasteiger partial charge in [0.25, 0.3) is 0 Å². The number of carbonyl (C=O) groups is 1. The molecule has 1 amide bonds. The van der Waals surface area contributed by atoms with Gasteiger partial charge in [0, 0.05) is 6.54 Å². The second-order valence-corrected chi connectivity index (χ2v) is 4.87. The maximum Gasteiger partial charge on any atom is 0.416 e. The smallest absolute Gasteiger partial charge is 0.351 e. The lowest BCUT2D eigenvalue weighted by Gasteiger charge is -2.25. The molecular formula is C15H21F3N2O. The lowest BCUT2D eigenvalue weighted by Crippen LogP contribution is -2.44. The van der Waals surface area contributed by atoms with Gasteiger partial charge in [-0.2, -0.15) is 13.2 Å². The van der Waals surface area contributed by atoms with Crippen molar-refractivity contribution in [1.82, 2.24) is 10.2 Å². The van der Waals surface area contributed by atoms with E-state index in [0.717, 1.165) is 6.07 Å². The highest BCUT2D eigenvalue weighted by Gasteiger charge is 2.33. The Morgan fingerprint density at radius 2 is 1.90 bits per heavy atom. The molecule has 6 heteroatoms. The second-order valence-electron chi connectivity index (χ2n) is 4.87. The van der Waals surface area contributed by atoms with Crippen LogP contribution in [0.4, 0.5) is 13.2 Å². The molecule has 0 aromatic heterocycles. The molecule has 0 radical (unpaired) electrons. The molecule has 1 rings (SSSR count). The predicted molar refractivity (Wildman–Crippen MR) is 75.7 cm³/mol. The maximum absolute atomic E-state index is 12.9. The van der Waals surface area contributed by atoms with Crippen LogP contribution in [0.2, 0.25) is 0 Å². The van der Waals surface area contributed by atoms with Gasteiger partial charge in [0.2, 0.25) is 5.91 Å². The van der Waals surface area contributed by atoms with Gasteiger partial charge in [0.1, 0.15) is 0 Å². The fraction of sp³-hybridized carbons (Fsp3) is 0.533. The number of hydrogen-bond donors (Lipinski definition) is 1. The topological polar surface area (TPSA) is 32.3 Å². The number of rotatable bonds is 6. The molecule has 0 aliphatic rings. The van der Waals surface area contributed by atoms with Crippen molar-refractivity contribution in [1.29, 1.82) is 0 Å². The number of likely N-dealkylation sites (N-methyl/N-ethyl adjacent to an activating group) is 1. The summed E-state index contributed by atoms with van der Waals surface area (Å²) in [6, 6.07) is 4.96. The van der Waals surface area contributed by atoms with Crippen molar-refractivity contribution < 1.29 is 18.0 Å². The zero-order chi connectivity index (χ0) is 16.0. The molecule has 0 bridgehead atoms. The summed E-state index contributed by atoms with van der Waals surface area (Å²) in [7, 11) is 1.82. The Morgan fingerprint density at radius 3 is 2.43 bits per heavy atom. The van der Waals surface area contributed by atoms with Crippen LogP contribution >= 0.6 is 0 Å². The summed E-state index contributed by atoms with van der Waals surface area (Å²) < 4.78 is 38.6. The van der Waals surface area contributed by atoms with Crippen LogP contribution in [0.5, 0.6) is 0 Å². The summed E-state index contributed by atoms with van der Waals surface area (Å²) in [5.41, 5.74) is -0.630. The first-order valence-corrected chi connectivity index (χ1v) is 6.94. The Bertz CT molecular complexity index is 474. The van der Waals surface area contributed by atoms with Crippen LogP contribution in [-0.4, -0.2) is 30.4 Å². The third-order valence-corrected chi connectivity index (χ3v) is 3.50. The molecule has 0 saturated carbocycles. The largest absolute Gasteiger partial charge is 0.416 e. The molecule has 0 aliphatic heterocycles. The van der Waals surface area contributed by atoms with E-state index in [1.807, 2.05) is 25.8 Å². The highest BCUT2D eigenvalue weighted by atomic mass is 19.4. The monoisotopic (exact) mass is 302 g/mol. The summed E-state index contributed by atoms with van der Waals surface area (Å²) >= 11 is 0. The molecule has 1 unspecified atom stereocenters. The number of carbonyl (C=O) groups excluding carboxylic acids is 1. The zero-order valence-electron chi connectivity index (χ0n) is 12.5. The average molecular weight is 302 g/mol. The number of halogens is 3. The molecule has 1 aromatic carbocycles. The summed E-state index contributed by atoms with van der Waals surface area (Å²) in [5, 5.41) is 2.60. The van der Waals surface area contributed by atoms with Crippen molar-refractivity contribution in [3.8, 4) is 0 Å². The van der Waals surface area contributed by atoms with Gasteiger partial charge < -0.3 is 5.32 Å². The van der Waals surface area contributed by atoms with E-state index in [0.29, 0.717) is 13.0 Å². The Morgan fingerprint density at radius 1 is 1.29 bits per heavy atom. The fourth-order valence-corrected chi connectivity index (χ4v) is 2.17.